The van der Waals surface area contributed by atoms with Crippen LogP contribution in [0.4, 0.5) is 11.4 Å². The van der Waals surface area contributed by atoms with Crippen molar-refractivity contribution in [2.75, 3.05) is 15.4 Å². The fourth-order valence-electron chi connectivity index (χ4n) is 3.60. The number of carbonyl (C=O) groups excluding carboxylic acids is 2. The molecule has 2 aromatic rings. The smallest absolute Gasteiger partial charge is 0.255 e. The lowest BCUT2D eigenvalue weighted by Crippen LogP contribution is -2.33. The van der Waals surface area contributed by atoms with Gasteiger partial charge in [0.15, 0.2) is 0 Å². The first-order valence-electron chi connectivity index (χ1n) is 8.99. The molecule has 1 fully saturated rings. The molecule has 1 N–H and O–H groups in total. The van der Waals surface area contributed by atoms with Crippen molar-refractivity contribution < 1.29 is 18.0 Å². The number of hydrogen-bond donors (Lipinski definition) is 1. The van der Waals surface area contributed by atoms with Gasteiger partial charge in [-0.05, 0) is 63.9 Å². The lowest BCUT2D eigenvalue weighted by atomic mass is 9.95. The van der Waals surface area contributed by atoms with E-state index in [9.17, 15) is 18.0 Å². The van der Waals surface area contributed by atoms with Gasteiger partial charge in [0.05, 0.1) is 16.9 Å². The zero-order valence-electron chi connectivity index (χ0n) is 16.7. The van der Waals surface area contributed by atoms with Crippen LogP contribution in [0.3, 0.4) is 0 Å². The summed E-state index contributed by atoms with van der Waals surface area (Å²) in [5.41, 5.74) is 3.20. The van der Waals surface area contributed by atoms with Gasteiger partial charge in [0.25, 0.3) is 5.91 Å². The number of nitrogens with zero attached hydrogens (tertiary/aromatic N) is 1. The molecule has 0 saturated carbocycles. The highest BCUT2D eigenvalue weighted by Crippen LogP contribution is 2.36. The molecule has 148 valence electrons. The highest BCUT2D eigenvalue weighted by atomic mass is 32.2. The van der Waals surface area contributed by atoms with Gasteiger partial charge in [-0.3, -0.25) is 9.59 Å². The van der Waals surface area contributed by atoms with Gasteiger partial charge in [0, 0.05) is 11.3 Å². The van der Waals surface area contributed by atoms with Gasteiger partial charge in [-0.1, -0.05) is 23.8 Å². The van der Waals surface area contributed by atoms with Crippen LogP contribution in [0.5, 0.6) is 0 Å². The molecule has 0 radical (unpaired) electrons. The summed E-state index contributed by atoms with van der Waals surface area (Å²) in [5.74, 6) is -1.10. The van der Waals surface area contributed by atoms with Gasteiger partial charge < -0.3 is 5.32 Å². The molecule has 1 aliphatic rings. The molecule has 6 nitrogen and oxygen atoms in total. The minimum atomic E-state index is -3.76. The summed E-state index contributed by atoms with van der Waals surface area (Å²) in [5, 5.41) is 2.90. The number of sulfonamides is 1. The van der Waals surface area contributed by atoms with E-state index in [1.54, 1.807) is 26.0 Å². The largest absolute Gasteiger partial charge is 0.322 e. The first-order valence-corrected chi connectivity index (χ1v) is 10.6. The number of amides is 2. The Kier molecular flexibility index (Phi) is 4.83. The SMILES string of the molecule is Cc1cc(C)c(NC(=O)c2cccc(N3C(=O)C(C)(C)CS3(=O)=O)c2)c(C)c1. The Balaban J connectivity index is 1.94. The first-order chi connectivity index (χ1) is 12.9. The molecule has 7 heteroatoms. The van der Waals surface area contributed by atoms with Crippen molar-refractivity contribution in [3.05, 3.63) is 58.7 Å². The van der Waals surface area contributed by atoms with E-state index in [1.807, 2.05) is 32.9 Å². The summed E-state index contributed by atoms with van der Waals surface area (Å²) < 4.78 is 25.8. The average molecular weight is 401 g/mol. The van der Waals surface area contributed by atoms with Crippen molar-refractivity contribution in [1.82, 2.24) is 0 Å². The van der Waals surface area contributed by atoms with Crippen LogP contribution in [-0.4, -0.2) is 26.0 Å². The highest BCUT2D eigenvalue weighted by molar-refractivity contribution is 7.94. The Hall–Kier alpha value is -2.67. The van der Waals surface area contributed by atoms with E-state index in [2.05, 4.69) is 5.32 Å². The van der Waals surface area contributed by atoms with E-state index in [0.717, 1.165) is 26.7 Å². The Morgan fingerprint density at radius 1 is 1.07 bits per heavy atom. The molecule has 2 aromatic carbocycles. The molecule has 28 heavy (non-hydrogen) atoms. The highest BCUT2D eigenvalue weighted by Gasteiger charge is 2.49. The molecular formula is C21H24N2O4S. The minimum Gasteiger partial charge on any atom is -0.322 e. The zero-order valence-corrected chi connectivity index (χ0v) is 17.5. The number of anilines is 2. The number of rotatable bonds is 3. The van der Waals surface area contributed by atoms with E-state index < -0.39 is 21.3 Å². The molecule has 0 aliphatic carbocycles. The molecular weight excluding hydrogens is 376 g/mol. The number of nitrogens with one attached hydrogen (secondary N) is 1. The maximum absolute atomic E-state index is 12.8. The predicted octanol–water partition coefficient (Wildman–Crippen LogP) is 3.57. The Bertz CT molecular complexity index is 1060. The summed E-state index contributed by atoms with van der Waals surface area (Å²) >= 11 is 0. The third kappa shape index (κ3) is 3.54. The molecule has 0 aromatic heterocycles. The van der Waals surface area contributed by atoms with Crippen LogP contribution in [0.25, 0.3) is 0 Å². The molecule has 0 unspecified atom stereocenters. The second kappa shape index (κ2) is 6.74. The van der Waals surface area contributed by atoms with E-state index in [0.29, 0.717) is 0 Å². The maximum atomic E-state index is 12.8. The fraction of sp³-hybridized carbons (Fsp3) is 0.333. The van der Waals surface area contributed by atoms with Gasteiger partial charge in [-0.15, -0.1) is 0 Å². The van der Waals surface area contributed by atoms with Crippen LogP contribution < -0.4 is 9.62 Å². The summed E-state index contributed by atoms with van der Waals surface area (Å²) in [4.78, 5) is 25.4. The standard InChI is InChI=1S/C21H24N2O4S/c1-13-9-14(2)18(15(3)10-13)22-19(24)16-7-6-8-17(11-16)23-20(25)21(4,5)12-28(23,26)27/h6-11H,12H2,1-5H3,(H,22,24). The molecule has 1 aliphatic heterocycles. The second-order valence-corrected chi connectivity index (χ2v) is 9.81. The normalized spacial score (nSPS) is 17.6. The van der Waals surface area contributed by atoms with Gasteiger partial charge in [-0.2, -0.15) is 0 Å². The monoisotopic (exact) mass is 400 g/mol. The molecule has 3 rings (SSSR count). The van der Waals surface area contributed by atoms with Crippen molar-refractivity contribution in [1.29, 1.82) is 0 Å². The molecule has 0 bridgehead atoms. The van der Waals surface area contributed by atoms with E-state index in [1.165, 1.54) is 12.1 Å². The van der Waals surface area contributed by atoms with Gasteiger partial charge in [0.1, 0.15) is 0 Å². The third-order valence-electron chi connectivity index (χ3n) is 4.84. The number of hydrogen-bond acceptors (Lipinski definition) is 4. The Morgan fingerprint density at radius 2 is 1.68 bits per heavy atom. The zero-order chi connectivity index (χ0) is 20.9. The number of aryl methyl sites for hydroxylation is 3. The van der Waals surface area contributed by atoms with E-state index in [-0.39, 0.29) is 22.9 Å². The molecule has 1 heterocycles. The second-order valence-electron chi connectivity index (χ2n) is 7.99. The lowest BCUT2D eigenvalue weighted by molar-refractivity contribution is -0.123. The fourth-order valence-corrected chi connectivity index (χ4v) is 5.70. The Morgan fingerprint density at radius 3 is 2.21 bits per heavy atom. The third-order valence-corrected chi connectivity index (χ3v) is 6.86. The van der Waals surface area contributed by atoms with Crippen LogP contribution in [0.2, 0.25) is 0 Å². The van der Waals surface area contributed by atoms with Crippen molar-refractivity contribution in [3.63, 3.8) is 0 Å². The van der Waals surface area contributed by atoms with Crippen LogP contribution in [0.15, 0.2) is 36.4 Å². The maximum Gasteiger partial charge on any atom is 0.255 e. The summed E-state index contributed by atoms with van der Waals surface area (Å²) in [6, 6.07) is 10.1. The van der Waals surface area contributed by atoms with Gasteiger partial charge in [0.2, 0.25) is 15.9 Å². The summed E-state index contributed by atoms with van der Waals surface area (Å²) in [7, 11) is -3.76. The summed E-state index contributed by atoms with van der Waals surface area (Å²) in [6.45, 7) is 9.04. The molecule has 0 atom stereocenters. The van der Waals surface area contributed by atoms with Crippen LogP contribution in [0.1, 0.15) is 40.9 Å². The topological polar surface area (TPSA) is 83.6 Å². The lowest BCUT2D eigenvalue weighted by Gasteiger charge is -2.18. The van der Waals surface area contributed by atoms with Crippen molar-refractivity contribution in [2.24, 2.45) is 5.41 Å². The van der Waals surface area contributed by atoms with Crippen molar-refractivity contribution in [2.45, 2.75) is 34.6 Å². The molecule has 0 spiro atoms. The van der Waals surface area contributed by atoms with Gasteiger partial charge in [-0.25, -0.2) is 12.7 Å². The average Bonchev–Trinajstić information content (AvgIpc) is 2.73. The van der Waals surface area contributed by atoms with Crippen molar-refractivity contribution in [3.8, 4) is 0 Å². The predicted molar refractivity (Wildman–Crippen MR) is 110 cm³/mol. The molecule has 1 saturated heterocycles. The quantitative estimate of drug-likeness (QED) is 0.854. The van der Waals surface area contributed by atoms with Crippen molar-refractivity contribution >= 4 is 33.2 Å². The number of carbonyl (C=O) groups is 2. The van der Waals surface area contributed by atoms with Crippen LogP contribution >= 0.6 is 0 Å². The molecule has 2 amide bonds. The Labute approximate surface area is 165 Å². The first kappa shape index (κ1) is 20.1. The number of benzene rings is 2. The minimum absolute atomic E-state index is 0.181. The van der Waals surface area contributed by atoms with Crippen LogP contribution in [-0.2, 0) is 14.8 Å². The summed E-state index contributed by atoms with van der Waals surface area (Å²) in [6.07, 6.45) is 0. The van der Waals surface area contributed by atoms with E-state index >= 15 is 0 Å². The van der Waals surface area contributed by atoms with Crippen LogP contribution in [0, 0.1) is 26.2 Å². The van der Waals surface area contributed by atoms with Gasteiger partial charge >= 0.3 is 0 Å². The van der Waals surface area contributed by atoms with E-state index in [4.69, 9.17) is 0 Å².